The van der Waals surface area contributed by atoms with Crippen molar-refractivity contribution in [3.63, 3.8) is 0 Å². The summed E-state index contributed by atoms with van der Waals surface area (Å²) >= 11 is 0. The van der Waals surface area contributed by atoms with Crippen molar-refractivity contribution in [1.82, 2.24) is 20.0 Å². The molecule has 2 unspecified atom stereocenters. The molecule has 4 N–H and O–H groups in total. The first-order valence-corrected chi connectivity index (χ1v) is 21.6. The topological polar surface area (TPSA) is 168 Å². The lowest BCUT2D eigenvalue weighted by molar-refractivity contribution is -0.309. The normalized spacial score (nSPS) is 20.1. The lowest BCUT2D eigenvalue weighted by Gasteiger charge is -2.36. The fraction of sp³-hybridized carbons (Fsp3) is 0.634. The predicted octanol–water partition coefficient (Wildman–Crippen LogP) is 6.61. The van der Waals surface area contributed by atoms with Gasteiger partial charge in [-0.15, -0.1) is 0 Å². The van der Waals surface area contributed by atoms with Gasteiger partial charge in [0.1, 0.15) is 0 Å². The van der Waals surface area contributed by atoms with Crippen molar-refractivity contribution in [2.75, 3.05) is 102 Å². The van der Waals surface area contributed by atoms with Crippen LogP contribution in [0.4, 0.5) is 95.2 Å². The molecule has 1 amide bonds. The van der Waals surface area contributed by atoms with Gasteiger partial charge in [-0.05, 0) is 47.5 Å². The summed E-state index contributed by atoms with van der Waals surface area (Å²) in [7, 11) is 0. The minimum atomic E-state index is -5.86. The highest BCUT2D eigenvalue weighted by Gasteiger charge is 2.60. The van der Waals surface area contributed by atoms with Crippen LogP contribution in [0.2, 0.25) is 0 Å². The third-order valence-corrected chi connectivity index (χ3v) is 11.2. The van der Waals surface area contributed by atoms with Gasteiger partial charge < -0.3 is 49.5 Å². The zero-order valence-corrected chi connectivity index (χ0v) is 37.9. The second kappa shape index (κ2) is 24.6. The summed E-state index contributed by atoms with van der Waals surface area (Å²) in [6.07, 6.45) is -42.6. The van der Waals surface area contributed by atoms with Crippen LogP contribution in [0.1, 0.15) is 22.3 Å². The summed E-state index contributed by atoms with van der Waals surface area (Å²) in [6.45, 7) is 2.95. The van der Waals surface area contributed by atoms with Gasteiger partial charge in [-0.25, -0.2) is 14.4 Å². The number of benzene rings is 2. The van der Waals surface area contributed by atoms with Crippen molar-refractivity contribution >= 4 is 29.4 Å². The average molecular weight is 1110 g/mol. The van der Waals surface area contributed by atoms with Crippen LogP contribution in [-0.2, 0) is 49.2 Å². The molecule has 0 aromatic heterocycles. The third-order valence-electron chi connectivity index (χ3n) is 11.2. The molecule has 0 spiro atoms. The molecular weight excluding hydrogens is 1060 g/mol. The number of alkyl halides is 18. The number of nitrogens with one attached hydrogen (secondary N) is 1. The minimum absolute atomic E-state index is 0.00178. The van der Waals surface area contributed by atoms with E-state index in [1.54, 1.807) is 11.0 Å². The maximum Gasteiger partial charge on any atom is 0.434 e. The molecule has 420 valence electrons. The lowest BCUT2D eigenvalue weighted by atomic mass is 10.1. The smallest absolute Gasteiger partial charge is 0.434 e. The Labute approximate surface area is 407 Å². The van der Waals surface area contributed by atoms with Gasteiger partial charge in [0, 0.05) is 89.9 Å². The van der Waals surface area contributed by atoms with Crippen LogP contribution in [0, 0.1) is 0 Å². The average Bonchev–Trinajstić information content (AvgIpc) is 3.29. The standard InChI is InChI=1S/C21H22F9N3O5.C17H22F3N3O3.C3H2F6O/c22-19(23,24)13-7-12(8-14(9-13)33-5-6-37-11-15(33)16(34)35)10-31-1-3-32(4-2-31)18(36)38-17(20(25,26)27)21(28,29)30;18-17(19,20)13-7-12(10-22-3-1-21-2-4-22)8-14(9-13)23-5-6-26-11-15(23)16(24)25;4-2(5,6)1(10)3(7,8)9/h7-9,15,17H,1-6,10-11H2,(H,34,35);7-9,15,21H,1-6,10-11H2,(H,24,25);1,10H. The molecule has 2 aromatic rings. The molecular formula is C41H46F18N6O9. The lowest BCUT2D eigenvalue weighted by Crippen LogP contribution is -2.52. The van der Waals surface area contributed by atoms with E-state index >= 15 is 0 Å². The van der Waals surface area contributed by atoms with E-state index in [1.165, 1.54) is 15.9 Å². The van der Waals surface area contributed by atoms with Crippen LogP contribution in [0.15, 0.2) is 36.4 Å². The number of carboxylic acid groups (broad SMARTS) is 2. The number of anilines is 2. The number of amides is 1. The fourth-order valence-corrected chi connectivity index (χ4v) is 7.58. The van der Waals surface area contributed by atoms with Gasteiger partial charge in [0.25, 0.3) is 6.10 Å². The van der Waals surface area contributed by atoms with Gasteiger partial charge >= 0.3 is 55.1 Å². The molecule has 4 heterocycles. The Balaban J connectivity index is 0.000000283. The molecule has 0 saturated carbocycles. The number of aliphatic hydroxyl groups excluding tert-OH is 1. The molecule has 74 heavy (non-hydrogen) atoms. The van der Waals surface area contributed by atoms with Gasteiger partial charge in [0.05, 0.1) is 37.6 Å². The number of nitrogens with zero attached hydrogens (tertiary/aromatic N) is 5. The molecule has 4 fully saturated rings. The molecule has 2 aromatic carbocycles. The third kappa shape index (κ3) is 18.0. The highest BCUT2D eigenvalue weighted by Crippen LogP contribution is 2.38. The van der Waals surface area contributed by atoms with Crippen molar-refractivity contribution in [3.8, 4) is 0 Å². The van der Waals surface area contributed by atoms with E-state index in [0.29, 0.717) is 17.0 Å². The number of hydrogen-bond acceptors (Lipinski definition) is 12. The van der Waals surface area contributed by atoms with Gasteiger partial charge in [-0.1, -0.05) is 0 Å². The second-order valence-electron chi connectivity index (χ2n) is 16.6. The summed E-state index contributed by atoms with van der Waals surface area (Å²) in [4.78, 5) is 42.0. The number of piperazine rings is 2. The Bertz CT molecular complexity index is 2150. The van der Waals surface area contributed by atoms with E-state index in [0.717, 1.165) is 50.4 Å². The monoisotopic (exact) mass is 1110 g/mol. The number of ether oxygens (including phenoxy) is 3. The van der Waals surface area contributed by atoms with Crippen molar-refractivity contribution in [2.45, 2.75) is 74.4 Å². The summed E-state index contributed by atoms with van der Waals surface area (Å²) in [5, 5.41) is 29.5. The summed E-state index contributed by atoms with van der Waals surface area (Å²) < 4.78 is 237. The molecule has 4 aliphatic heterocycles. The number of halogens is 18. The van der Waals surface area contributed by atoms with Gasteiger partial charge in [0.2, 0.25) is 6.10 Å². The highest BCUT2D eigenvalue weighted by atomic mass is 19.4. The zero-order valence-electron chi connectivity index (χ0n) is 37.9. The van der Waals surface area contributed by atoms with Crippen LogP contribution in [0.25, 0.3) is 0 Å². The summed E-state index contributed by atoms with van der Waals surface area (Å²) in [6, 6.07) is 4.69. The van der Waals surface area contributed by atoms with E-state index in [4.69, 9.17) is 14.6 Å². The van der Waals surface area contributed by atoms with Crippen molar-refractivity contribution < 1.29 is 123 Å². The number of aliphatic carboxylic acids is 2. The molecule has 0 radical (unpaired) electrons. The molecule has 15 nitrogen and oxygen atoms in total. The second-order valence-corrected chi connectivity index (χ2v) is 16.6. The van der Waals surface area contributed by atoms with E-state index in [1.807, 2.05) is 0 Å². The van der Waals surface area contributed by atoms with Gasteiger partial charge in [-0.2, -0.15) is 79.0 Å². The van der Waals surface area contributed by atoms with E-state index in [-0.39, 0.29) is 89.2 Å². The Morgan fingerprint density at radius 1 is 0.554 bits per heavy atom. The molecule has 6 rings (SSSR count). The number of carboxylic acids is 2. The van der Waals surface area contributed by atoms with Crippen LogP contribution < -0.4 is 15.1 Å². The van der Waals surface area contributed by atoms with E-state index < -0.39 is 90.5 Å². The molecule has 2 atom stereocenters. The maximum atomic E-state index is 13.6. The maximum absolute atomic E-state index is 13.6. The van der Waals surface area contributed by atoms with Crippen molar-refractivity contribution in [2.24, 2.45) is 0 Å². The molecule has 0 bridgehead atoms. The Hall–Kier alpha value is -5.25. The quantitative estimate of drug-likeness (QED) is 0.198. The van der Waals surface area contributed by atoms with Crippen molar-refractivity contribution in [3.05, 3.63) is 58.7 Å². The number of morpholine rings is 2. The first-order valence-electron chi connectivity index (χ1n) is 21.6. The minimum Gasteiger partial charge on any atom is -0.480 e. The Morgan fingerprint density at radius 3 is 1.26 bits per heavy atom. The van der Waals surface area contributed by atoms with Crippen LogP contribution >= 0.6 is 0 Å². The zero-order chi connectivity index (χ0) is 55.8. The van der Waals surface area contributed by atoms with E-state index in [2.05, 4.69) is 15.0 Å². The van der Waals surface area contributed by atoms with Crippen LogP contribution in [-0.4, -0.2) is 189 Å². The number of carbonyl (C=O) groups excluding carboxylic acids is 1. The van der Waals surface area contributed by atoms with Gasteiger partial charge in [-0.3, -0.25) is 9.80 Å². The first kappa shape index (κ1) is 61.3. The molecule has 33 heteroatoms. The molecule has 4 aliphatic rings. The molecule has 4 saturated heterocycles. The van der Waals surface area contributed by atoms with Crippen LogP contribution in [0.3, 0.4) is 0 Å². The fourth-order valence-electron chi connectivity index (χ4n) is 7.58. The summed E-state index contributed by atoms with van der Waals surface area (Å²) in [5.74, 6) is -2.39. The SMILES string of the molecule is O=C(O)C1COCCN1c1cc(CN2CCN(C(=O)OC(C(F)(F)F)C(F)(F)F)CC2)cc(C(F)(F)F)c1.O=C(O)C1COCCN1c1cc(CN2CCNCC2)cc(C(F)(F)F)c1.OC(C(F)(F)F)C(F)(F)F. The van der Waals surface area contributed by atoms with Crippen LogP contribution in [0.5, 0.6) is 0 Å². The van der Waals surface area contributed by atoms with Crippen molar-refractivity contribution in [1.29, 1.82) is 0 Å². The Kier molecular flexibility index (Phi) is 20.4. The predicted molar refractivity (Wildman–Crippen MR) is 218 cm³/mol. The largest absolute Gasteiger partial charge is 0.480 e. The molecule has 0 aliphatic carbocycles. The Morgan fingerprint density at radius 2 is 0.932 bits per heavy atom. The number of aliphatic hydroxyl groups is 1. The summed E-state index contributed by atoms with van der Waals surface area (Å²) in [5.41, 5.74) is -0.842. The number of hydrogen-bond donors (Lipinski definition) is 4. The first-order chi connectivity index (χ1) is 34.0. The van der Waals surface area contributed by atoms with E-state index in [9.17, 15) is 104 Å². The number of carbonyl (C=O) groups is 3. The number of rotatable bonds is 9. The van der Waals surface area contributed by atoms with Gasteiger partial charge in [0.15, 0.2) is 12.1 Å². The highest BCUT2D eigenvalue weighted by molar-refractivity contribution is 5.79.